The Kier molecular flexibility index (Phi) is 3.41. The minimum atomic E-state index is 0.0863. The Bertz CT molecular complexity index is 462. The Morgan fingerprint density at radius 3 is 2.75 bits per heavy atom. The van der Waals surface area contributed by atoms with Gasteiger partial charge in [0.1, 0.15) is 6.26 Å². The predicted molar refractivity (Wildman–Crippen MR) is 62.7 cm³/mol. The maximum absolute atomic E-state index is 11.8. The van der Waals surface area contributed by atoms with E-state index in [1.54, 1.807) is 6.20 Å². The van der Waals surface area contributed by atoms with E-state index in [-0.39, 0.29) is 5.78 Å². The van der Waals surface area contributed by atoms with E-state index in [2.05, 4.69) is 4.98 Å². The van der Waals surface area contributed by atoms with Gasteiger partial charge in [-0.05, 0) is 6.92 Å². The average Bonchev–Trinajstić information content (AvgIpc) is 2.80. The van der Waals surface area contributed by atoms with Gasteiger partial charge in [-0.25, -0.2) is 4.98 Å². The van der Waals surface area contributed by atoms with Crippen molar-refractivity contribution in [3.8, 4) is 0 Å². The second-order valence-corrected chi connectivity index (χ2v) is 4.30. The summed E-state index contributed by atoms with van der Waals surface area (Å²) in [6.45, 7) is 2.00. The van der Waals surface area contributed by atoms with Crippen LogP contribution < -0.4 is 0 Å². The van der Waals surface area contributed by atoms with Crippen molar-refractivity contribution in [1.82, 2.24) is 4.98 Å². The first-order chi connectivity index (χ1) is 7.75. The smallest absolute Gasteiger partial charge is 0.255 e. The zero-order valence-corrected chi connectivity index (χ0v) is 9.66. The van der Waals surface area contributed by atoms with Crippen molar-refractivity contribution in [2.24, 2.45) is 0 Å². The zero-order chi connectivity index (χ0) is 11.4. The molecule has 0 fully saturated rings. The first-order valence-electron chi connectivity index (χ1n) is 4.88. The molecule has 0 aliphatic heterocycles. The number of aromatic nitrogens is 1. The fourth-order valence-electron chi connectivity index (χ4n) is 1.23. The molecule has 2 aromatic rings. The van der Waals surface area contributed by atoms with Crippen molar-refractivity contribution < 1.29 is 9.21 Å². The summed E-state index contributed by atoms with van der Waals surface area (Å²) in [6.07, 6.45) is 3.07. The summed E-state index contributed by atoms with van der Waals surface area (Å²) in [5.41, 5.74) is 1.88. The van der Waals surface area contributed by atoms with Crippen molar-refractivity contribution in [2.75, 3.05) is 5.75 Å². The summed E-state index contributed by atoms with van der Waals surface area (Å²) in [5, 5.41) is 0.528. The molecule has 16 heavy (non-hydrogen) atoms. The summed E-state index contributed by atoms with van der Waals surface area (Å²) in [7, 11) is 0. The van der Waals surface area contributed by atoms with Crippen LogP contribution in [0.2, 0.25) is 0 Å². The van der Waals surface area contributed by atoms with Crippen LogP contribution in [-0.4, -0.2) is 16.5 Å². The Morgan fingerprint density at radius 1 is 1.38 bits per heavy atom. The molecule has 4 heteroatoms. The zero-order valence-electron chi connectivity index (χ0n) is 8.84. The molecule has 1 aromatic carbocycles. The first-order valence-corrected chi connectivity index (χ1v) is 5.86. The lowest BCUT2D eigenvalue weighted by molar-refractivity contribution is 0.102. The normalized spacial score (nSPS) is 10.3. The van der Waals surface area contributed by atoms with Crippen molar-refractivity contribution >= 4 is 17.5 Å². The maximum atomic E-state index is 11.8. The Labute approximate surface area is 97.9 Å². The number of benzene rings is 1. The molecule has 0 amide bonds. The number of nitrogens with zero attached hydrogens (tertiary/aromatic N) is 1. The highest BCUT2D eigenvalue weighted by molar-refractivity contribution is 7.99. The number of hydrogen-bond acceptors (Lipinski definition) is 4. The second kappa shape index (κ2) is 4.99. The highest BCUT2D eigenvalue weighted by Gasteiger charge is 2.07. The molecule has 0 N–H and O–H groups in total. The number of rotatable bonds is 4. The minimum Gasteiger partial charge on any atom is -0.440 e. The molecule has 0 radical (unpaired) electrons. The SMILES string of the molecule is Cc1ccc(C(=O)CSc2ncco2)cc1. The van der Waals surface area contributed by atoms with Gasteiger partial charge in [-0.15, -0.1) is 0 Å². The largest absolute Gasteiger partial charge is 0.440 e. The van der Waals surface area contributed by atoms with Gasteiger partial charge in [-0.2, -0.15) is 0 Å². The van der Waals surface area contributed by atoms with Crippen LogP contribution in [0.5, 0.6) is 0 Å². The highest BCUT2D eigenvalue weighted by atomic mass is 32.2. The van der Waals surface area contributed by atoms with Gasteiger partial charge in [0.15, 0.2) is 5.78 Å². The molecule has 0 atom stereocenters. The van der Waals surface area contributed by atoms with E-state index in [0.717, 1.165) is 11.1 Å². The van der Waals surface area contributed by atoms with Crippen molar-refractivity contribution in [3.05, 3.63) is 47.9 Å². The van der Waals surface area contributed by atoms with Gasteiger partial charge >= 0.3 is 0 Å². The molecule has 0 aliphatic carbocycles. The Hall–Kier alpha value is -1.55. The molecular formula is C12H11NO2S. The van der Waals surface area contributed by atoms with Gasteiger partial charge in [0.2, 0.25) is 0 Å². The van der Waals surface area contributed by atoms with Gasteiger partial charge < -0.3 is 4.42 Å². The summed E-state index contributed by atoms with van der Waals surface area (Å²) in [6, 6.07) is 7.55. The Morgan fingerprint density at radius 2 is 2.12 bits per heavy atom. The van der Waals surface area contributed by atoms with Gasteiger partial charge in [-0.3, -0.25) is 4.79 Å². The van der Waals surface area contributed by atoms with E-state index >= 15 is 0 Å². The van der Waals surface area contributed by atoms with Crippen molar-refractivity contribution in [1.29, 1.82) is 0 Å². The number of oxazole rings is 1. The quantitative estimate of drug-likeness (QED) is 0.601. The van der Waals surface area contributed by atoms with Crippen LogP contribution in [0.3, 0.4) is 0 Å². The molecular weight excluding hydrogens is 222 g/mol. The van der Waals surface area contributed by atoms with Gasteiger partial charge in [0.25, 0.3) is 5.22 Å². The number of Topliss-reactive ketones (excluding diaryl/α,β-unsaturated/α-hetero) is 1. The van der Waals surface area contributed by atoms with Gasteiger partial charge in [-0.1, -0.05) is 41.6 Å². The maximum Gasteiger partial charge on any atom is 0.255 e. The van der Waals surface area contributed by atoms with Crippen LogP contribution >= 0.6 is 11.8 Å². The molecule has 2 rings (SSSR count). The fraction of sp³-hybridized carbons (Fsp3) is 0.167. The molecule has 82 valence electrons. The lowest BCUT2D eigenvalue weighted by Crippen LogP contribution is -2.01. The fourth-order valence-corrected chi connectivity index (χ4v) is 1.91. The molecule has 0 saturated carbocycles. The van der Waals surface area contributed by atoms with E-state index in [4.69, 9.17) is 4.42 Å². The number of ketones is 1. The van der Waals surface area contributed by atoms with Gasteiger partial charge in [0, 0.05) is 5.56 Å². The number of thioether (sulfide) groups is 1. The van der Waals surface area contributed by atoms with Crippen molar-refractivity contribution in [3.63, 3.8) is 0 Å². The summed E-state index contributed by atoms with van der Waals surface area (Å²) in [4.78, 5) is 15.7. The van der Waals surface area contributed by atoms with Crippen LogP contribution in [0.1, 0.15) is 15.9 Å². The van der Waals surface area contributed by atoms with Crippen LogP contribution in [0.15, 0.2) is 46.4 Å². The van der Waals surface area contributed by atoms with Gasteiger partial charge in [0.05, 0.1) is 11.9 Å². The van der Waals surface area contributed by atoms with E-state index in [0.29, 0.717) is 11.0 Å². The molecule has 0 saturated heterocycles. The molecule has 3 nitrogen and oxygen atoms in total. The molecule has 0 bridgehead atoms. The third-order valence-corrected chi connectivity index (χ3v) is 2.97. The molecule has 1 heterocycles. The molecule has 0 spiro atoms. The van der Waals surface area contributed by atoms with E-state index in [1.165, 1.54) is 18.0 Å². The summed E-state index contributed by atoms with van der Waals surface area (Å²) < 4.78 is 5.04. The predicted octanol–water partition coefficient (Wildman–Crippen LogP) is 2.96. The molecule has 0 unspecified atom stereocenters. The van der Waals surface area contributed by atoms with E-state index < -0.39 is 0 Å². The van der Waals surface area contributed by atoms with E-state index in [9.17, 15) is 4.79 Å². The third kappa shape index (κ3) is 2.73. The topological polar surface area (TPSA) is 43.1 Å². The first kappa shape index (κ1) is 11.0. The van der Waals surface area contributed by atoms with Crippen LogP contribution in [0.4, 0.5) is 0 Å². The average molecular weight is 233 g/mol. The number of hydrogen-bond donors (Lipinski definition) is 0. The monoisotopic (exact) mass is 233 g/mol. The molecule has 1 aromatic heterocycles. The Balaban J connectivity index is 1.95. The standard InChI is InChI=1S/C12H11NO2S/c1-9-2-4-10(5-3-9)11(14)8-16-12-13-6-7-15-12/h2-7H,8H2,1H3. The highest BCUT2D eigenvalue weighted by Crippen LogP contribution is 2.16. The summed E-state index contributed by atoms with van der Waals surface area (Å²) in [5.74, 6) is 0.437. The number of aryl methyl sites for hydroxylation is 1. The third-order valence-electron chi connectivity index (χ3n) is 2.11. The number of carbonyl (C=O) groups excluding carboxylic acids is 1. The molecule has 0 aliphatic rings. The number of carbonyl (C=O) groups is 1. The lowest BCUT2D eigenvalue weighted by Gasteiger charge is -1.99. The summed E-state index contributed by atoms with van der Waals surface area (Å²) >= 11 is 1.31. The lowest BCUT2D eigenvalue weighted by atomic mass is 10.1. The van der Waals surface area contributed by atoms with Crippen LogP contribution in [-0.2, 0) is 0 Å². The second-order valence-electron chi connectivity index (χ2n) is 3.38. The van der Waals surface area contributed by atoms with Crippen molar-refractivity contribution in [2.45, 2.75) is 12.1 Å². The minimum absolute atomic E-state index is 0.0863. The van der Waals surface area contributed by atoms with Crippen LogP contribution in [0.25, 0.3) is 0 Å². The van der Waals surface area contributed by atoms with E-state index in [1.807, 2.05) is 31.2 Å². The van der Waals surface area contributed by atoms with Crippen LogP contribution in [0, 0.1) is 6.92 Å².